The molecule has 0 radical (unpaired) electrons. The van der Waals surface area contributed by atoms with Crippen LogP contribution < -0.4 is 20.9 Å². The fourth-order valence-electron chi connectivity index (χ4n) is 4.10. The summed E-state index contributed by atoms with van der Waals surface area (Å²) in [6, 6.07) is 3.73. The van der Waals surface area contributed by atoms with E-state index in [2.05, 4.69) is 10.1 Å². The molecule has 1 aromatic heterocycles. The summed E-state index contributed by atoms with van der Waals surface area (Å²) in [5.41, 5.74) is -0.873. The van der Waals surface area contributed by atoms with Crippen LogP contribution in [0.1, 0.15) is 50.8 Å². The smallest absolute Gasteiger partial charge is 0.459 e. The third-order valence-corrected chi connectivity index (χ3v) is 7.79. The van der Waals surface area contributed by atoms with Crippen molar-refractivity contribution in [2.75, 3.05) is 13.2 Å². The number of carbonyl (C=O) groups excluding carboxylic acids is 1. The van der Waals surface area contributed by atoms with E-state index in [1.807, 2.05) is 0 Å². The Morgan fingerprint density at radius 3 is 2.66 bits per heavy atom. The first-order chi connectivity index (χ1) is 18.1. The molecule has 4 rings (SSSR count). The van der Waals surface area contributed by atoms with E-state index in [0.29, 0.717) is 5.56 Å². The van der Waals surface area contributed by atoms with Crippen LogP contribution in [0.15, 0.2) is 40.1 Å². The van der Waals surface area contributed by atoms with Crippen LogP contribution in [0, 0.1) is 12.7 Å². The van der Waals surface area contributed by atoms with E-state index in [1.54, 1.807) is 6.92 Å². The molecule has 1 saturated heterocycles. The number of hydrogen-bond donors (Lipinski definition) is 2. The highest BCUT2D eigenvalue weighted by Crippen LogP contribution is 2.45. The number of aromatic amines is 1. The van der Waals surface area contributed by atoms with Crippen molar-refractivity contribution in [1.82, 2.24) is 14.6 Å². The molecule has 12 nitrogen and oxygen atoms in total. The molecule has 1 saturated carbocycles. The van der Waals surface area contributed by atoms with E-state index in [9.17, 15) is 23.3 Å². The second-order valence-electron chi connectivity index (χ2n) is 9.22. The second-order valence-corrected chi connectivity index (χ2v) is 10.9. The lowest BCUT2D eigenvalue weighted by atomic mass is 9.98. The van der Waals surface area contributed by atoms with Gasteiger partial charge >= 0.3 is 19.4 Å². The molecule has 208 valence electrons. The van der Waals surface area contributed by atoms with Crippen molar-refractivity contribution < 1.29 is 37.0 Å². The molecule has 38 heavy (non-hydrogen) atoms. The van der Waals surface area contributed by atoms with E-state index in [1.165, 1.54) is 29.8 Å². The fraction of sp³-hybridized carbons (Fsp3) is 0.542. The van der Waals surface area contributed by atoms with Gasteiger partial charge in [-0.05, 0) is 63.8 Å². The Morgan fingerprint density at radius 2 is 1.95 bits per heavy atom. The summed E-state index contributed by atoms with van der Waals surface area (Å²) >= 11 is 0. The van der Waals surface area contributed by atoms with E-state index in [-0.39, 0.29) is 18.5 Å². The molecule has 14 heteroatoms. The first kappa shape index (κ1) is 28.2. The highest BCUT2D eigenvalue weighted by Gasteiger charge is 2.36. The molecule has 0 spiro atoms. The molecule has 2 heterocycles. The van der Waals surface area contributed by atoms with Gasteiger partial charge in [-0.25, -0.2) is 13.8 Å². The standard InChI is InChI=1S/C24H31FN3O9P/c1-15-12-28(24(31)26-22(15)29)20-13-33-21(36-20)14-34-38(32,37-19-10-8-17(25)9-11-19)27-16(2)23(30)35-18-6-4-3-5-7-18/h8-12,16,18,20-21H,3-7,13-14H2,1-2H3,(H,27,32)(H,26,29,31)/t16?,20-,21-,38?/m1/s1. The monoisotopic (exact) mass is 555 g/mol. The van der Waals surface area contributed by atoms with Gasteiger partial charge < -0.3 is 18.7 Å². The van der Waals surface area contributed by atoms with Crippen LogP contribution in [0.3, 0.4) is 0 Å². The molecular formula is C24H31FN3O9P. The van der Waals surface area contributed by atoms with Crippen molar-refractivity contribution in [1.29, 1.82) is 0 Å². The highest BCUT2D eigenvalue weighted by atomic mass is 31.2. The number of nitrogens with zero attached hydrogens (tertiary/aromatic N) is 1. The Kier molecular flexibility index (Phi) is 9.16. The van der Waals surface area contributed by atoms with Crippen LogP contribution in [-0.2, 0) is 28.1 Å². The van der Waals surface area contributed by atoms with Crippen molar-refractivity contribution in [2.45, 2.75) is 70.6 Å². The lowest BCUT2D eigenvalue weighted by Gasteiger charge is -2.26. The number of rotatable bonds is 10. The molecule has 2 aromatic rings. The van der Waals surface area contributed by atoms with Crippen molar-refractivity contribution in [3.8, 4) is 5.75 Å². The van der Waals surface area contributed by atoms with Crippen LogP contribution >= 0.6 is 7.75 Å². The van der Waals surface area contributed by atoms with E-state index < -0.39 is 55.9 Å². The Balaban J connectivity index is 1.41. The third kappa shape index (κ3) is 7.39. The minimum Gasteiger partial charge on any atom is -0.461 e. The predicted molar refractivity (Wildman–Crippen MR) is 132 cm³/mol. The van der Waals surface area contributed by atoms with Gasteiger partial charge in [0.25, 0.3) is 5.56 Å². The number of carbonyl (C=O) groups is 1. The molecule has 2 fully saturated rings. The number of H-pyrrole nitrogens is 1. The summed E-state index contributed by atoms with van der Waals surface area (Å²) in [6.07, 6.45) is 3.83. The SMILES string of the molecule is Cc1cn([C@H]2CO[C@@H](COP(=O)(NC(C)C(=O)OC3CCCCC3)Oc3ccc(F)cc3)O2)c(=O)[nH]c1=O. The molecule has 0 bridgehead atoms. The van der Waals surface area contributed by atoms with E-state index in [4.69, 9.17) is 23.3 Å². The molecule has 1 aromatic carbocycles. The molecule has 4 atom stereocenters. The van der Waals surface area contributed by atoms with Crippen LogP contribution in [0.25, 0.3) is 0 Å². The molecule has 2 unspecified atom stereocenters. The molecule has 0 amide bonds. The van der Waals surface area contributed by atoms with Gasteiger partial charge in [-0.2, -0.15) is 5.09 Å². The minimum atomic E-state index is -4.24. The Hall–Kier alpha value is -2.83. The van der Waals surface area contributed by atoms with E-state index in [0.717, 1.165) is 44.2 Å². The number of aromatic nitrogens is 2. The number of ether oxygens (including phenoxy) is 3. The lowest BCUT2D eigenvalue weighted by molar-refractivity contribution is -0.152. The maximum atomic E-state index is 13.7. The third-order valence-electron chi connectivity index (χ3n) is 6.15. The number of aryl methyl sites for hydroxylation is 1. The lowest BCUT2D eigenvalue weighted by Crippen LogP contribution is -2.38. The predicted octanol–water partition coefficient (Wildman–Crippen LogP) is 2.91. The Bertz CT molecular complexity index is 1280. The molecule has 2 N–H and O–H groups in total. The van der Waals surface area contributed by atoms with Gasteiger partial charge in [0.15, 0.2) is 12.5 Å². The summed E-state index contributed by atoms with van der Waals surface area (Å²) in [4.78, 5) is 38.6. The zero-order valence-electron chi connectivity index (χ0n) is 21.1. The van der Waals surface area contributed by atoms with Gasteiger partial charge in [0.2, 0.25) is 0 Å². The van der Waals surface area contributed by atoms with Gasteiger partial charge in [-0.3, -0.25) is 23.7 Å². The minimum absolute atomic E-state index is 0.0384. The largest absolute Gasteiger partial charge is 0.461 e. The molecule has 1 aliphatic carbocycles. The number of benzene rings is 1. The van der Waals surface area contributed by atoms with Gasteiger partial charge in [0, 0.05) is 11.8 Å². The average molecular weight is 555 g/mol. The molecule has 2 aliphatic rings. The van der Waals surface area contributed by atoms with Crippen LogP contribution in [0.4, 0.5) is 4.39 Å². The molecule has 1 aliphatic heterocycles. The zero-order valence-corrected chi connectivity index (χ0v) is 22.0. The summed E-state index contributed by atoms with van der Waals surface area (Å²) in [6.45, 7) is 2.57. The number of halogens is 1. The zero-order chi connectivity index (χ0) is 27.3. The number of hydrogen-bond acceptors (Lipinski definition) is 9. The maximum Gasteiger partial charge on any atom is 0.459 e. The second kappa shape index (κ2) is 12.4. The van der Waals surface area contributed by atoms with Crippen LogP contribution in [0.2, 0.25) is 0 Å². The first-order valence-electron chi connectivity index (χ1n) is 12.4. The average Bonchev–Trinajstić information content (AvgIpc) is 3.36. The van der Waals surface area contributed by atoms with Gasteiger partial charge in [-0.15, -0.1) is 0 Å². The summed E-state index contributed by atoms with van der Waals surface area (Å²) in [5.74, 6) is -1.09. The quantitative estimate of drug-likeness (QED) is 0.331. The van der Waals surface area contributed by atoms with Crippen molar-refractivity contribution in [2.24, 2.45) is 0 Å². The molecular weight excluding hydrogens is 524 g/mol. The van der Waals surface area contributed by atoms with Crippen molar-refractivity contribution in [3.05, 3.63) is 62.7 Å². The van der Waals surface area contributed by atoms with Gasteiger partial charge in [-0.1, -0.05) is 6.42 Å². The normalized spacial score (nSPS) is 22.5. The van der Waals surface area contributed by atoms with Crippen molar-refractivity contribution in [3.63, 3.8) is 0 Å². The maximum absolute atomic E-state index is 13.7. The fourth-order valence-corrected chi connectivity index (χ4v) is 5.58. The van der Waals surface area contributed by atoms with Gasteiger partial charge in [0.1, 0.15) is 30.3 Å². The van der Waals surface area contributed by atoms with Gasteiger partial charge in [0.05, 0.1) is 6.61 Å². The first-order valence-corrected chi connectivity index (χ1v) is 13.9. The summed E-state index contributed by atoms with van der Waals surface area (Å²) in [7, 11) is -4.24. The Labute approximate surface area is 218 Å². The summed E-state index contributed by atoms with van der Waals surface area (Å²) in [5, 5.41) is 2.57. The topological polar surface area (TPSA) is 147 Å². The van der Waals surface area contributed by atoms with Crippen LogP contribution in [-0.4, -0.2) is 47.2 Å². The highest BCUT2D eigenvalue weighted by molar-refractivity contribution is 7.52. The Morgan fingerprint density at radius 1 is 1.24 bits per heavy atom. The summed E-state index contributed by atoms with van der Waals surface area (Å²) < 4.78 is 56.0. The number of nitrogens with one attached hydrogen (secondary N) is 2. The number of esters is 1. The van der Waals surface area contributed by atoms with Crippen molar-refractivity contribution >= 4 is 13.7 Å². The van der Waals surface area contributed by atoms with E-state index >= 15 is 0 Å². The van der Waals surface area contributed by atoms with Crippen LogP contribution in [0.5, 0.6) is 5.75 Å².